The van der Waals surface area contributed by atoms with Crippen molar-refractivity contribution in [2.24, 2.45) is 11.8 Å². The molecule has 0 N–H and O–H groups in total. The minimum absolute atomic E-state index is 0.130. The van der Waals surface area contributed by atoms with E-state index < -0.39 is 64.9 Å². The molecule has 0 bridgehead atoms. The molecule has 254 valence electrons. The van der Waals surface area contributed by atoms with E-state index in [9.17, 15) is 31.9 Å². The van der Waals surface area contributed by atoms with Gasteiger partial charge in [-0.3, -0.25) is 14.4 Å². The Labute approximate surface area is 281 Å². The predicted molar refractivity (Wildman–Crippen MR) is 174 cm³/mol. The van der Waals surface area contributed by atoms with Gasteiger partial charge >= 0.3 is 5.97 Å². The highest BCUT2D eigenvalue weighted by Gasteiger charge is 2.39. The second kappa shape index (κ2) is 15.8. The quantitative estimate of drug-likeness (QED) is 0.0765. The van der Waals surface area contributed by atoms with Crippen LogP contribution in [-0.2, 0) is 20.7 Å². The van der Waals surface area contributed by atoms with Crippen LogP contribution in [0.5, 0.6) is 11.5 Å². The maximum absolute atomic E-state index is 14.8. The normalized spacial score (nSPS) is 16.1. The maximum atomic E-state index is 14.8. The highest BCUT2D eigenvalue weighted by atomic mass is 19.1. The Kier molecular flexibility index (Phi) is 11.3. The largest absolute Gasteiger partial charge is 0.493 e. The van der Waals surface area contributed by atoms with Gasteiger partial charge in [-0.1, -0.05) is 60.7 Å². The number of carbonyl (C=O) groups is 3. The maximum Gasteiger partial charge on any atom is 0.309 e. The third-order valence-corrected chi connectivity index (χ3v) is 8.45. The molecule has 4 aromatic rings. The fourth-order valence-corrected chi connectivity index (χ4v) is 6.20. The molecule has 0 aliphatic heterocycles. The van der Waals surface area contributed by atoms with Crippen molar-refractivity contribution in [3.8, 4) is 11.5 Å². The molecule has 0 amide bonds. The van der Waals surface area contributed by atoms with Gasteiger partial charge in [0.15, 0.2) is 23.1 Å². The Morgan fingerprint density at radius 2 is 1.55 bits per heavy atom. The Morgan fingerprint density at radius 3 is 2.20 bits per heavy atom. The van der Waals surface area contributed by atoms with Gasteiger partial charge in [0.2, 0.25) is 0 Å². The number of hydrogen-bond donors (Lipinski definition) is 0. The van der Waals surface area contributed by atoms with Crippen LogP contribution in [0.15, 0.2) is 91.0 Å². The van der Waals surface area contributed by atoms with Gasteiger partial charge in [0, 0.05) is 36.0 Å². The van der Waals surface area contributed by atoms with Crippen molar-refractivity contribution < 1.29 is 46.2 Å². The van der Waals surface area contributed by atoms with Crippen molar-refractivity contribution in [2.75, 3.05) is 20.3 Å². The van der Waals surface area contributed by atoms with Crippen LogP contribution in [0.25, 0.3) is 5.57 Å². The highest BCUT2D eigenvalue weighted by Crippen LogP contribution is 2.49. The summed E-state index contributed by atoms with van der Waals surface area (Å²) < 4.78 is 73.9. The fraction of sp³-hybridized carbons (Fsp3) is 0.256. The van der Waals surface area contributed by atoms with E-state index in [2.05, 4.69) is 0 Å². The van der Waals surface area contributed by atoms with Crippen LogP contribution in [0.3, 0.4) is 0 Å². The summed E-state index contributed by atoms with van der Waals surface area (Å²) in [5.74, 6) is -8.27. The average Bonchev–Trinajstić information content (AvgIpc) is 3.52. The number of Topliss-reactive ketones (excluding diaryl/α,β-unsaturated/α-hetero) is 2. The fourth-order valence-electron chi connectivity index (χ4n) is 6.20. The molecule has 1 aliphatic rings. The first-order valence-corrected chi connectivity index (χ1v) is 15.8. The molecule has 0 saturated carbocycles. The van der Waals surface area contributed by atoms with Crippen molar-refractivity contribution in [1.29, 1.82) is 0 Å². The number of benzene rings is 4. The number of rotatable bonds is 14. The second-order valence-electron chi connectivity index (χ2n) is 11.7. The topological polar surface area (TPSA) is 78.9 Å². The van der Waals surface area contributed by atoms with Crippen molar-refractivity contribution in [3.05, 3.63) is 137 Å². The van der Waals surface area contributed by atoms with E-state index in [1.807, 2.05) is 30.3 Å². The summed E-state index contributed by atoms with van der Waals surface area (Å²) in [7, 11) is 1.38. The van der Waals surface area contributed by atoms with Crippen molar-refractivity contribution >= 4 is 23.1 Å². The molecule has 0 saturated heterocycles. The molecule has 0 aromatic heterocycles. The van der Waals surface area contributed by atoms with E-state index >= 15 is 0 Å². The number of methoxy groups -OCH3 is 1. The number of hydrogen-bond acceptors (Lipinski definition) is 6. The zero-order chi connectivity index (χ0) is 35.1. The minimum atomic E-state index is -1.33. The van der Waals surface area contributed by atoms with Crippen molar-refractivity contribution in [1.82, 2.24) is 0 Å². The van der Waals surface area contributed by atoms with E-state index in [-0.39, 0.29) is 36.7 Å². The van der Waals surface area contributed by atoms with E-state index in [0.29, 0.717) is 35.3 Å². The SMILES string of the molecule is CCOC(=O)C(CC(=O)COc1cccc(C2CC(c3ccc(F)cc3)=CC2C(=O)c2c(F)cc(F)cc2F)c1OC)Cc1ccccc1. The minimum Gasteiger partial charge on any atom is -0.493 e. The molecule has 0 fully saturated rings. The Bertz CT molecular complexity index is 1830. The van der Waals surface area contributed by atoms with Crippen LogP contribution in [0.1, 0.15) is 52.7 Å². The number of esters is 1. The van der Waals surface area contributed by atoms with Crippen LogP contribution in [0.2, 0.25) is 0 Å². The molecule has 0 radical (unpaired) electrons. The van der Waals surface area contributed by atoms with Gasteiger partial charge in [0.1, 0.15) is 29.9 Å². The molecule has 0 spiro atoms. The van der Waals surface area contributed by atoms with Crippen molar-refractivity contribution in [2.45, 2.75) is 32.1 Å². The first-order chi connectivity index (χ1) is 23.6. The zero-order valence-electron chi connectivity index (χ0n) is 26.9. The van der Waals surface area contributed by atoms with Gasteiger partial charge in [-0.2, -0.15) is 0 Å². The number of ether oxygens (including phenoxy) is 3. The summed E-state index contributed by atoms with van der Waals surface area (Å²) in [6.07, 6.45) is 1.95. The van der Waals surface area contributed by atoms with Gasteiger partial charge in [-0.15, -0.1) is 0 Å². The molecule has 49 heavy (non-hydrogen) atoms. The molecular formula is C39H34F4O6. The lowest BCUT2D eigenvalue weighted by molar-refractivity contribution is -0.149. The summed E-state index contributed by atoms with van der Waals surface area (Å²) >= 11 is 0. The van der Waals surface area contributed by atoms with Crippen LogP contribution in [0, 0.1) is 35.1 Å². The van der Waals surface area contributed by atoms with Crippen LogP contribution >= 0.6 is 0 Å². The van der Waals surface area contributed by atoms with Crippen LogP contribution in [-0.4, -0.2) is 37.9 Å². The summed E-state index contributed by atoms with van der Waals surface area (Å²) in [6, 6.07) is 20.6. The van der Waals surface area contributed by atoms with Gasteiger partial charge in [-0.05, 0) is 54.7 Å². The van der Waals surface area contributed by atoms with Gasteiger partial charge in [-0.25, -0.2) is 17.6 Å². The molecule has 10 heteroatoms. The first kappa shape index (κ1) is 35.1. The summed E-state index contributed by atoms with van der Waals surface area (Å²) in [4.78, 5) is 39.6. The molecule has 1 aliphatic carbocycles. The Hall–Kier alpha value is -5.25. The lowest BCUT2D eigenvalue weighted by Gasteiger charge is -2.23. The molecule has 5 rings (SSSR count). The summed E-state index contributed by atoms with van der Waals surface area (Å²) in [5.41, 5.74) is 1.68. The van der Waals surface area contributed by atoms with E-state index in [1.54, 1.807) is 31.2 Å². The summed E-state index contributed by atoms with van der Waals surface area (Å²) in [5, 5.41) is 0. The third-order valence-electron chi connectivity index (χ3n) is 8.45. The van der Waals surface area contributed by atoms with Crippen LogP contribution in [0.4, 0.5) is 17.6 Å². The second-order valence-corrected chi connectivity index (χ2v) is 11.7. The van der Waals surface area contributed by atoms with E-state index in [0.717, 1.165) is 5.56 Å². The summed E-state index contributed by atoms with van der Waals surface area (Å²) in [6.45, 7) is 1.46. The smallest absolute Gasteiger partial charge is 0.309 e. The van der Waals surface area contributed by atoms with Gasteiger partial charge in [0.05, 0.1) is 25.2 Å². The van der Waals surface area contributed by atoms with E-state index in [4.69, 9.17) is 14.2 Å². The number of ketones is 2. The number of allylic oxidation sites excluding steroid dienone is 2. The molecule has 6 nitrogen and oxygen atoms in total. The number of para-hydroxylation sites is 1. The van der Waals surface area contributed by atoms with Gasteiger partial charge < -0.3 is 14.2 Å². The average molecular weight is 675 g/mol. The predicted octanol–water partition coefficient (Wildman–Crippen LogP) is 8.08. The highest BCUT2D eigenvalue weighted by molar-refractivity contribution is 6.02. The van der Waals surface area contributed by atoms with Crippen molar-refractivity contribution in [3.63, 3.8) is 0 Å². The number of carbonyl (C=O) groups excluding carboxylic acids is 3. The first-order valence-electron chi connectivity index (χ1n) is 15.8. The molecule has 3 unspecified atom stereocenters. The third kappa shape index (κ3) is 8.25. The Morgan fingerprint density at radius 1 is 0.857 bits per heavy atom. The molecule has 0 heterocycles. The molecule has 4 aromatic carbocycles. The van der Waals surface area contributed by atoms with Crippen LogP contribution < -0.4 is 9.47 Å². The van der Waals surface area contributed by atoms with Gasteiger partial charge in [0.25, 0.3) is 0 Å². The lowest BCUT2D eigenvalue weighted by atomic mass is 9.82. The molecule has 3 atom stereocenters. The van der Waals surface area contributed by atoms with E-state index in [1.165, 1.54) is 31.4 Å². The molecular weight excluding hydrogens is 640 g/mol. The Balaban J connectivity index is 1.41. The monoisotopic (exact) mass is 674 g/mol. The standard InChI is InChI=1S/C39H34F4O6/c1-3-48-39(46)26(16-23-8-5-4-6-9-23)17-29(44)22-49-35-11-7-10-30(38(35)47-2)31-18-25(24-12-14-27(40)15-13-24)19-32(31)37(45)36-33(42)20-28(41)21-34(36)43/h4-15,19-21,26,31-32H,3,16-18,22H2,1-2H3. The zero-order valence-corrected chi connectivity index (χ0v) is 26.9. The number of halogens is 4. The lowest BCUT2D eigenvalue weighted by Crippen LogP contribution is -2.25.